The van der Waals surface area contributed by atoms with Crippen LogP contribution in [0.4, 0.5) is 0 Å². The zero-order valence-corrected chi connectivity index (χ0v) is 11.3. The molecule has 0 bridgehead atoms. The molecule has 2 heterocycles. The fourth-order valence-electron chi connectivity index (χ4n) is 1.09. The maximum absolute atomic E-state index is 3.98. The fraction of sp³-hybridized carbons (Fsp3) is 0.167. The summed E-state index contributed by atoms with van der Waals surface area (Å²) in [4.78, 5) is 13.9. The van der Waals surface area contributed by atoms with Crippen molar-refractivity contribution >= 4 is 17.0 Å². The van der Waals surface area contributed by atoms with Crippen LogP contribution in [0.15, 0.2) is 50.1 Å². The highest BCUT2D eigenvalue weighted by Gasteiger charge is 1.85. The minimum Gasteiger partial charge on any atom is -0.348 e. The van der Waals surface area contributed by atoms with Crippen molar-refractivity contribution in [1.29, 1.82) is 0 Å². The maximum atomic E-state index is 3.98. The van der Waals surface area contributed by atoms with Gasteiger partial charge in [-0.15, -0.1) is 30.1 Å². The lowest BCUT2D eigenvalue weighted by Crippen LogP contribution is -1.80. The molecule has 2 aromatic heterocycles. The molecule has 0 atom stereocenters. The van der Waals surface area contributed by atoms with Gasteiger partial charge < -0.3 is 9.97 Å². The summed E-state index contributed by atoms with van der Waals surface area (Å²) in [6.07, 6.45) is 12.4. The molecule has 92 valence electrons. The third-order valence-corrected chi connectivity index (χ3v) is 1.79. The Kier molecular flexibility index (Phi) is 8.68. The normalized spacial score (nSPS) is 8.47. The highest BCUT2D eigenvalue weighted by atomic mass is 79.9. The number of allylic oxidation sites excluding steroid dienone is 2. The summed E-state index contributed by atoms with van der Waals surface area (Å²) in [5, 5.41) is 0. The fourth-order valence-corrected chi connectivity index (χ4v) is 1.09. The Balaban J connectivity index is 0.000000284. The molecule has 0 amide bonds. The van der Waals surface area contributed by atoms with Gasteiger partial charge in [-0.1, -0.05) is 12.2 Å². The molecular formula is C12H17BrN4. The molecule has 0 spiro atoms. The van der Waals surface area contributed by atoms with E-state index in [0.717, 1.165) is 24.5 Å². The summed E-state index contributed by atoms with van der Waals surface area (Å²) < 4.78 is 0. The minimum absolute atomic E-state index is 0. The van der Waals surface area contributed by atoms with Gasteiger partial charge >= 0.3 is 0 Å². The predicted molar refractivity (Wildman–Crippen MR) is 75.3 cm³/mol. The van der Waals surface area contributed by atoms with E-state index >= 15 is 0 Å². The molecule has 2 N–H and O–H groups in total. The summed E-state index contributed by atoms with van der Waals surface area (Å²) in [5.41, 5.74) is 0. The van der Waals surface area contributed by atoms with E-state index in [2.05, 4.69) is 33.1 Å². The molecule has 2 rings (SSSR count). The standard InChI is InChI=1S/2C6H8N2.BrH/c2*1-2-3-6-7-4-5-8-6;/h2*2,4-5H,1,3H2,(H,7,8);1H. The lowest BCUT2D eigenvalue weighted by atomic mass is 10.4. The van der Waals surface area contributed by atoms with Gasteiger partial charge in [0.15, 0.2) is 0 Å². The van der Waals surface area contributed by atoms with Gasteiger partial charge in [-0.05, 0) is 0 Å². The molecule has 5 heteroatoms. The van der Waals surface area contributed by atoms with Crippen molar-refractivity contribution in [1.82, 2.24) is 19.9 Å². The second kappa shape index (κ2) is 9.59. The van der Waals surface area contributed by atoms with Gasteiger partial charge in [-0.25, -0.2) is 9.97 Å². The number of H-pyrrole nitrogens is 2. The van der Waals surface area contributed by atoms with Crippen LogP contribution in [0.25, 0.3) is 0 Å². The van der Waals surface area contributed by atoms with Gasteiger partial charge in [-0.3, -0.25) is 0 Å². The summed E-state index contributed by atoms with van der Waals surface area (Å²) in [6, 6.07) is 0. The first-order chi connectivity index (χ1) is 7.86. The molecule has 0 unspecified atom stereocenters. The van der Waals surface area contributed by atoms with Crippen molar-refractivity contribution in [3.63, 3.8) is 0 Å². The van der Waals surface area contributed by atoms with E-state index in [1.807, 2.05) is 12.2 Å². The van der Waals surface area contributed by atoms with Crippen LogP contribution in [-0.4, -0.2) is 19.9 Å². The highest BCUT2D eigenvalue weighted by molar-refractivity contribution is 8.93. The second-order valence-electron chi connectivity index (χ2n) is 3.06. The summed E-state index contributed by atoms with van der Waals surface area (Å²) >= 11 is 0. The van der Waals surface area contributed by atoms with E-state index in [9.17, 15) is 0 Å². The Labute approximate surface area is 112 Å². The van der Waals surface area contributed by atoms with Crippen molar-refractivity contribution in [2.45, 2.75) is 12.8 Å². The first-order valence-corrected chi connectivity index (χ1v) is 5.05. The van der Waals surface area contributed by atoms with Crippen molar-refractivity contribution in [3.8, 4) is 0 Å². The van der Waals surface area contributed by atoms with Crippen molar-refractivity contribution in [2.75, 3.05) is 0 Å². The van der Waals surface area contributed by atoms with E-state index < -0.39 is 0 Å². The quantitative estimate of drug-likeness (QED) is 0.853. The number of imidazole rings is 2. The lowest BCUT2D eigenvalue weighted by Gasteiger charge is -1.82. The Morgan fingerprint density at radius 3 is 1.59 bits per heavy atom. The van der Waals surface area contributed by atoms with Crippen LogP contribution in [0.3, 0.4) is 0 Å². The Hall–Kier alpha value is -1.62. The Morgan fingerprint density at radius 1 is 0.941 bits per heavy atom. The van der Waals surface area contributed by atoms with Gasteiger partial charge in [0, 0.05) is 37.6 Å². The molecule has 0 aliphatic heterocycles. The average Bonchev–Trinajstić information content (AvgIpc) is 2.92. The minimum atomic E-state index is 0. The molecule has 0 aliphatic carbocycles. The third-order valence-electron chi connectivity index (χ3n) is 1.79. The zero-order chi connectivity index (χ0) is 11.6. The lowest BCUT2D eigenvalue weighted by molar-refractivity contribution is 1.06. The largest absolute Gasteiger partial charge is 0.348 e. The number of hydrogen-bond acceptors (Lipinski definition) is 2. The van der Waals surface area contributed by atoms with E-state index in [1.54, 1.807) is 24.8 Å². The zero-order valence-electron chi connectivity index (χ0n) is 9.60. The molecule has 4 nitrogen and oxygen atoms in total. The van der Waals surface area contributed by atoms with Crippen molar-refractivity contribution in [2.24, 2.45) is 0 Å². The number of nitrogens with one attached hydrogen (secondary N) is 2. The van der Waals surface area contributed by atoms with Crippen LogP contribution in [0.5, 0.6) is 0 Å². The van der Waals surface area contributed by atoms with Crippen LogP contribution in [0.2, 0.25) is 0 Å². The molecule has 0 saturated carbocycles. The Morgan fingerprint density at radius 2 is 1.35 bits per heavy atom. The van der Waals surface area contributed by atoms with Gasteiger partial charge in [0.1, 0.15) is 11.6 Å². The van der Waals surface area contributed by atoms with Gasteiger partial charge in [0.25, 0.3) is 0 Å². The maximum Gasteiger partial charge on any atom is 0.109 e. The van der Waals surface area contributed by atoms with Gasteiger partial charge in [-0.2, -0.15) is 0 Å². The van der Waals surface area contributed by atoms with Crippen LogP contribution < -0.4 is 0 Å². The first kappa shape index (κ1) is 15.4. The number of hydrogen-bond donors (Lipinski definition) is 2. The summed E-state index contributed by atoms with van der Waals surface area (Å²) in [7, 11) is 0. The molecule has 0 radical (unpaired) electrons. The van der Waals surface area contributed by atoms with Crippen LogP contribution in [-0.2, 0) is 12.8 Å². The smallest absolute Gasteiger partial charge is 0.109 e. The predicted octanol–water partition coefficient (Wildman–Crippen LogP) is 2.85. The van der Waals surface area contributed by atoms with E-state index in [4.69, 9.17) is 0 Å². The topological polar surface area (TPSA) is 57.4 Å². The van der Waals surface area contributed by atoms with E-state index in [-0.39, 0.29) is 17.0 Å². The van der Waals surface area contributed by atoms with Gasteiger partial charge in [0.2, 0.25) is 0 Å². The molecule has 0 saturated heterocycles. The molecule has 0 aliphatic rings. The van der Waals surface area contributed by atoms with Gasteiger partial charge in [0.05, 0.1) is 0 Å². The summed E-state index contributed by atoms with van der Waals surface area (Å²) in [5.74, 6) is 1.94. The number of aromatic nitrogens is 4. The first-order valence-electron chi connectivity index (χ1n) is 5.05. The van der Waals surface area contributed by atoms with E-state index in [0.29, 0.717) is 0 Å². The highest BCUT2D eigenvalue weighted by Crippen LogP contribution is 1.88. The molecule has 0 aromatic carbocycles. The van der Waals surface area contributed by atoms with E-state index in [1.165, 1.54) is 0 Å². The molecular weight excluding hydrogens is 280 g/mol. The number of nitrogens with zero attached hydrogens (tertiary/aromatic N) is 2. The number of halogens is 1. The molecule has 17 heavy (non-hydrogen) atoms. The average molecular weight is 297 g/mol. The van der Waals surface area contributed by atoms with Crippen molar-refractivity contribution in [3.05, 3.63) is 61.7 Å². The molecule has 0 fully saturated rings. The van der Waals surface area contributed by atoms with Crippen LogP contribution >= 0.6 is 17.0 Å². The second-order valence-corrected chi connectivity index (χ2v) is 3.06. The van der Waals surface area contributed by atoms with Crippen LogP contribution in [0.1, 0.15) is 11.6 Å². The SMILES string of the molecule is Br.C=CCc1ncc[nH]1.C=CCc1ncc[nH]1. The number of aromatic amines is 2. The summed E-state index contributed by atoms with van der Waals surface area (Å²) in [6.45, 7) is 7.15. The number of rotatable bonds is 4. The van der Waals surface area contributed by atoms with Crippen molar-refractivity contribution < 1.29 is 0 Å². The molecule has 2 aromatic rings. The van der Waals surface area contributed by atoms with Crippen LogP contribution in [0, 0.1) is 0 Å². The Bertz CT molecular complexity index is 352. The third kappa shape index (κ3) is 6.52. The monoisotopic (exact) mass is 296 g/mol.